The quantitative estimate of drug-likeness (QED) is 0.707. The zero-order valence-corrected chi connectivity index (χ0v) is 14.2. The lowest BCUT2D eigenvalue weighted by atomic mass is 10.1. The molecule has 2 heterocycles. The average Bonchev–Trinajstić information content (AvgIpc) is 2.85. The van der Waals surface area contributed by atoms with Crippen LogP contribution in [0.2, 0.25) is 5.02 Å². The Morgan fingerprint density at radius 3 is 2.78 bits per heavy atom. The van der Waals surface area contributed by atoms with E-state index in [4.69, 9.17) is 23.2 Å². The first kappa shape index (κ1) is 15.8. The number of rotatable bonds is 3. The third-order valence-corrected chi connectivity index (χ3v) is 3.92. The van der Waals surface area contributed by atoms with Crippen LogP contribution < -0.4 is 5.32 Å². The van der Waals surface area contributed by atoms with E-state index in [1.54, 1.807) is 13.0 Å². The first-order valence-electron chi connectivity index (χ1n) is 7.15. The number of carbonyl (C=O) groups excluding carboxylic acids is 1. The molecule has 2 aromatic heterocycles. The number of nitrogens with zero attached hydrogens (tertiary/aromatic N) is 2. The van der Waals surface area contributed by atoms with Crippen LogP contribution in [0, 0.1) is 6.92 Å². The van der Waals surface area contributed by atoms with Crippen LogP contribution in [0.5, 0.6) is 0 Å². The highest BCUT2D eigenvalue weighted by atomic mass is 35.5. The lowest BCUT2D eigenvalue weighted by molar-refractivity contribution is -0.115. The van der Waals surface area contributed by atoms with E-state index in [0.717, 1.165) is 16.8 Å². The van der Waals surface area contributed by atoms with Gasteiger partial charge in [-0.25, -0.2) is 4.98 Å². The predicted molar refractivity (Wildman–Crippen MR) is 94.3 cm³/mol. The fraction of sp³-hybridized carbons (Fsp3) is 0.176. The molecule has 0 aliphatic rings. The summed E-state index contributed by atoms with van der Waals surface area (Å²) in [6.45, 7) is 3.62. The van der Waals surface area contributed by atoms with Crippen LogP contribution in [-0.2, 0) is 4.79 Å². The Morgan fingerprint density at radius 1 is 1.30 bits per heavy atom. The number of benzene rings is 1. The summed E-state index contributed by atoms with van der Waals surface area (Å²) in [4.78, 5) is 16.7. The van der Waals surface area contributed by atoms with Crippen LogP contribution in [0.15, 0.2) is 42.6 Å². The van der Waals surface area contributed by atoms with Gasteiger partial charge in [0.15, 0.2) is 0 Å². The van der Waals surface area contributed by atoms with E-state index in [2.05, 4.69) is 10.3 Å². The Morgan fingerprint density at radius 2 is 2.09 bits per heavy atom. The Hall–Kier alpha value is -2.04. The summed E-state index contributed by atoms with van der Waals surface area (Å²) in [5, 5.41) is 2.83. The maximum atomic E-state index is 12.1. The Bertz CT molecular complexity index is 887. The normalized spacial score (nSPS) is 12.3. The summed E-state index contributed by atoms with van der Waals surface area (Å²) < 4.78 is 1.83. The second-order valence-corrected chi connectivity index (χ2v) is 6.45. The monoisotopic (exact) mass is 347 g/mol. The summed E-state index contributed by atoms with van der Waals surface area (Å²) in [7, 11) is 0. The molecular weight excluding hydrogens is 333 g/mol. The molecule has 4 nitrogen and oxygen atoms in total. The number of nitrogens with one attached hydrogen (secondary N) is 1. The van der Waals surface area contributed by atoms with Crippen LogP contribution in [0.3, 0.4) is 0 Å². The van der Waals surface area contributed by atoms with Gasteiger partial charge in [-0.05, 0) is 43.7 Å². The van der Waals surface area contributed by atoms with Crippen molar-refractivity contribution >= 4 is 40.6 Å². The summed E-state index contributed by atoms with van der Waals surface area (Å²) in [5.41, 5.74) is 3.32. The molecule has 1 amide bonds. The van der Waals surface area contributed by atoms with Gasteiger partial charge in [0.2, 0.25) is 5.91 Å². The van der Waals surface area contributed by atoms with Gasteiger partial charge in [0, 0.05) is 16.8 Å². The number of alkyl halides is 1. The minimum absolute atomic E-state index is 0.280. The molecule has 1 atom stereocenters. The highest BCUT2D eigenvalue weighted by molar-refractivity contribution is 6.32. The van der Waals surface area contributed by atoms with Gasteiger partial charge >= 0.3 is 0 Å². The van der Waals surface area contributed by atoms with E-state index in [-0.39, 0.29) is 5.91 Å². The maximum absolute atomic E-state index is 12.1. The van der Waals surface area contributed by atoms with E-state index in [1.165, 1.54) is 0 Å². The third-order valence-electron chi connectivity index (χ3n) is 3.48. The number of halogens is 2. The molecule has 118 valence electrons. The molecular formula is C17H15Cl2N3O. The molecule has 0 saturated carbocycles. The van der Waals surface area contributed by atoms with E-state index in [0.29, 0.717) is 16.5 Å². The van der Waals surface area contributed by atoms with Crippen LogP contribution >= 0.6 is 23.2 Å². The molecule has 3 rings (SSSR count). The molecule has 0 spiro atoms. The zero-order valence-electron chi connectivity index (χ0n) is 12.7. The van der Waals surface area contributed by atoms with Crippen molar-refractivity contribution in [1.29, 1.82) is 0 Å². The molecule has 0 fully saturated rings. The number of anilines is 1. The molecule has 0 aliphatic heterocycles. The predicted octanol–water partition coefficient (Wildman–Crippen LogP) is 4.53. The van der Waals surface area contributed by atoms with Crippen LogP contribution in [0.25, 0.3) is 16.9 Å². The largest absolute Gasteiger partial charge is 0.309 e. The molecule has 1 N–H and O–H groups in total. The number of imidazole rings is 1. The first-order chi connectivity index (χ1) is 11.0. The van der Waals surface area contributed by atoms with Gasteiger partial charge in [-0.1, -0.05) is 23.7 Å². The minimum atomic E-state index is -0.641. The Labute approximate surface area is 144 Å². The number of pyridine rings is 1. The number of aromatic nitrogens is 2. The summed E-state index contributed by atoms with van der Waals surface area (Å²) in [5.74, 6) is 0.303. The lowest BCUT2D eigenvalue weighted by Crippen LogP contribution is -2.21. The second-order valence-electron chi connectivity index (χ2n) is 5.36. The van der Waals surface area contributed by atoms with E-state index in [9.17, 15) is 4.79 Å². The first-order valence-corrected chi connectivity index (χ1v) is 7.97. The molecule has 0 saturated heterocycles. The number of fused-ring (bicyclic) bond motifs is 1. The van der Waals surface area contributed by atoms with Gasteiger partial charge in [0.05, 0.1) is 0 Å². The summed E-state index contributed by atoms with van der Waals surface area (Å²) in [6.07, 6.45) is 1.88. The minimum Gasteiger partial charge on any atom is -0.309 e. The number of aryl methyl sites for hydroxylation is 1. The molecule has 23 heavy (non-hydrogen) atoms. The molecule has 0 aliphatic carbocycles. The molecule has 0 radical (unpaired) electrons. The lowest BCUT2D eigenvalue weighted by Gasteiger charge is -2.09. The average molecular weight is 348 g/mol. The van der Waals surface area contributed by atoms with Gasteiger partial charge in [-0.3, -0.25) is 9.20 Å². The van der Waals surface area contributed by atoms with Crippen molar-refractivity contribution in [3.63, 3.8) is 0 Å². The number of amides is 1. The van der Waals surface area contributed by atoms with E-state index < -0.39 is 5.38 Å². The van der Waals surface area contributed by atoms with Crippen molar-refractivity contribution in [2.75, 3.05) is 5.32 Å². The fourth-order valence-corrected chi connectivity index (χ4v) is 2.56. The molecule has 6 heteroatoms. The summed E-state index contributed by atoms with van der Waals surface area (Å²) in [6, 6.07) is 11.3. The topological polar surface area (TPSA) is 46.4 Å². The van der Waals surface area contributed by atoms with Gasteiger partial charge in [-0.15, -0.1) is 11.6 Å². The van der Waals surface area contributed by atoms with Crippen LogP contribution in [0.1, 0.15) is 12.5 Å². The molecule has 3 aromatic rings. The molecule has 1 aromatic carbocycles. The third kappa shape index (κ3) is 3.19. The Balaban J connectivity index is 2.21. The van der Waals surface area contributed by atoms with E-state index in [1.807, 2.05) is 47.9 Å². The maximum Gasteiger partial charge on any atom is 0.243 e. The van der Waals surface area contributed by atoms with Crippen LogP contribution in [0.4, 0.5) is 5.82 Å². The highest BCUT2D eigenvalue weighted by Crippen LogP contribution is 2.30. The number of hydrogen-bond donors (Lipinski definition) is 1. The van der Waals surface area contributed by atoms with Crippen molar-refractivity contribution in [3.05, 3.63) is 53.2 Å². The van der Waals surface area contributed by atoms with Gasteiger partial charge in [0.1, 0.15) is 22.5 Å². The number of hydrogen-bond acceptors (Lipinski definition) is 2. The van der Waals surface area contributed by atoms with Gasteiger partial charge < -0.3 is 5.32 Å². The van der Waals surface area contributed by atoms with Gasteiger partial charge in [0.25, 0.3) is 0 Å². The Kier molecular flexibility index (Phi) is 4.28. The van der Waals surface area contributed by atoms with Crippen molar-refractivity contribution in [1.82, 2.24) is 9.38 Å². The highest BCUT2D eigenvalue weighted by Gasteiger charge is 2.18. The van der Waals surface area contributed by atoms with E-state index >= 15 is 0 Å². The van der Waals surface area contributed by atoms with Crippen LogP contribution in [-0.4, -0.2) is 20.7 Å². The summed E-state index contributed by atoms with van der Waals surface area (Å²) >= 11 is 12.0. The van der Waals surface area contributed by atoms with Gasteiger partial charge in [-0.2, -0.15) is 0 Å². The van der Waals surface area contributed by atoms with Crippen molar-refractivity contribution < 1.29 is 4.79 Å². The standard InChI is InChI=1S/C17H15Cl2N3O/c1-10-6-7-22-14(8-10)20-15(12-4-3-5-13(19)9-12)16(22)21-17(23)11(2)18/h3-9,11H,1-2H3,(H,21,23)/t11-/m0/s1. The SMILES string of the molecule is Cc1ccn2c(NC(=O)[C@H](C)Cl)c(-c3cccc(Cl)c3)nc2c1. The van der Waals surface area contributed by atoms with Crippen molar-refractivity contribution in [3.8, 4) is 11.3 Å². The zero-order chi connectivity index (χ0) is 16.6. The van der Waals surface area contributed by atoms with Crippen molar-refractivity contribution in [2.24, 2.45) is 0 Å². The molecule has 0 bridgehead atoms. The molecule has 0 unspecified atom stereocenters. The van der Waals surface area contributed by atoms with Crippen molar-refractivity contribution in [2.45, 2.75) is 19.2 Å². The second kappa shape index (κ2) is 6.22. The fourth-order valence-electron chi connectivity index (χ4n) is 2.32. The smallest absolute Gasteiger partial charge is 0.243 e. The number of carbonyl (C=O) groups is 1.